The number of likely N-dealkylation sites (tertiary alicyclic amines) is 1. The molecule has 1 saturated heterocycles. The van der Waals surface area contributed by atoms with Gasteiger partial charge in [0.15, 0.2) is 0 Å². The molecule has 1 heterocycles. The number of nitrogens with one attached hydrogen (secondary N) is 2. The zero-order chi connectivity index (χ0) is 24.3. The summed E-state index contributed by atoms with van der Waals surface area (Å²) in [5.74, 6) is 3.29. The van der Waals surface area contributed by atoms with Gasteiger partial charge in [-0.15, -0.1) is 0 Å². The minimum atomic E-state index is 0.0252. The smallest absolute Gasteiger partial charge is 0.314 e. The molecule has 4 fully saturated rings. The Kier molecular flexibility index (Phi) is 8.19. The molecule has 0 aromatic carbocycles. The largest absolute Gasteiger partial charge is 0.342 e. The Morgan fingerprint density at radius 3 is 2.44 bits per heavy atom. The second kappa shape index (κ2) is 10.8. The van der Waals surface area contributed by atoms with Crippen LogP contribution in [0.1, 0.15) is 111 Å². The number of fused-ring (bicyclic) bond motifs is 5. The molecule has 4 rings (SSSR count). The molecule has 0 aromatic rings. The van der Waals surface area contributed by atoms with Gasteiger partial charge in [-0.3, -0.25) is 4.79 Å². The number of urea groups is 1. The zero-order valence-electron chi connectivity index (χ0n) is 22.5. The van der Waals surface area contributed by atoms with Gasteiger partial charge in [-0.2, -0.15) is 0 Å². The molecule has 2 N–H and O–H groups in total. The van der Waals surface area contributed by atoms with Crippen LogP contribution in [0.4, 0.5) is 4.79 Å². The summed E-state index contributed by atoms with van der Waals surface area (Å²) < 4.78 is 0. The maximum Gasteiger partial charge on any atom is 0.314 e. The Bertz CT molecular complexity index is 726. The van der Waals surface area contributed by atoms with Gasteiger partial charge in [0.1, 0.15) is 0 Å². The van der Waals surface area contributed by atoms with Crippen LogP contribution in [0.5, 0.6) is 0 Å². The number of unbranched alkanes of at least 4 members (excludes halogenated alkanes) is 5. The Morgan fingerprint density at radius 1 is 0.912 bits per heavy atom. The van der Waals surface area contributed by atoms with Crippen molar-refractivity contribution in [3.05, 3.63) is 0 Å². The molecule has 0 aromatic heterocycles. The lowest BCUT2D eigenvalue weighted by molar-refractivity contribution is -0.158. The predicted molar refractivity (Wildman–Crippen MR) is 138 cm³/mol. The van der Waals surface area contributed by atoms with E-state index < -0.39 is 0 Å². The van der Waals surface area contributed by atoms with Crippen molar-refractivity contribution in [3.63, 3.8) is 0 Å². The highest BCUT2D eigenvalue weighted by Gasteiger charge is 2.60. The lowest BCUT2D eigenvalue weighted by Gasteiger charge is -2.61. The van der Waals surface area contributed by atoms with Crippen LogP contribution in [-0.4, -0.2) is 43.0 Å². The fourth-order valence-corrected chi connectivity index (χ4v) is 8.98. The third-order valence-electron chi connectivity index (χ3n) is 11.1. The first-order valence-corrected chi connectivity index (χ1v) is 14.6. The van der Waals surface area contributed by atoms with Crippen molar-refractivity contribution in [3.8, 4) is 0 Å². The van der Waals surface area contributed by atoms with Gasteiger partial charge in [0.25, 0.3) is 0 Å². The second-order valence-electron chi connectivity index (χ2n) is 12.7. The minimum Gasteiger partial charge on any atom is -0.342 e. The fraction of sp³-hybridized carbons (Fsp3) is 0.931. The molecule has 0 spiro atoms. The van der Waals surface area contributed by atoms with E-state index in [2.05, 4.69) is 36.3 Å². The van der Waals surface area contributed by atoms with Gasteiger partial charge in [-0.25, -0.2) is 4.79 Å². The van der Waals surface area contributed by atoms with E-state index in [1.165, 1.54) is 70.6 Å². The van der Waals surface area contributed by atoms with E-state index in [0.717, 1.165) is 50.1 Å². The van der Waals surface area contributed by atoms with Crippen LogP contribution in [0.25, 0.3) is 0 Å². The molecule has 34 heavy (non-hydrogen) atoms. The van der Waals surface area contributed by atoms with Gasteiger partial charge in [0, 0.05) is 32.6 Å². The SMILES string of the molecule is CCCCCCCCNC(=O)NCC1CC[C@H]2[C@@H]3CCC4N(C)C(=O)CC[C@]4(C)[C@@H]3CC[C@]12C. The maximum absolute atomic E-state index is 12.4. The minimum absolute atomic E-state index is 0.0252. The second-order valence-corrected chi connectivity index (χ2v) is 12.7. The number of amides is 3. The Morgan fingerprint density at radius 2 is 1.65 bits per heavy atom. The topological polar surface area (TPSA) is 61.4 Å². The summed E-state index contributed by atoms with van der Waals surface area (Å²) in [6, 6.07) is 0.464. The Balaban J connectivity index is 1.27. The fourth-order valence-electron chi connectivity index (χ4n) is 8.98. The van der Waals surface area contributed by atoms with Crippen LogP contribution in [0.3, 0.4) is 0 Å². The van der Waals surface area contributed by atoms with Crippen LogP contribution >= 0.6 is 0 Å². The number of carbonyl (C=O) groups is 2. The summed E-state index contributed by atoms with van der Waals surface area (Å²) in [7, 11) is 2.05. The van der Waals surface area contributed by atoms with Crippen molar-refractivity contribution in [2.45, 2.75) is 117 Å². The summed E-state index contributed by atoms with van der Waals surface area (Å²) in [6.07, 6.45) is 16.9. The summed E-state index contributed by atoms with van der Waals surface area (Å²) in [5, 5.41) is 6.32. The highest BCUT2D eigenvalue weighted by molar-refractivity contribution is 5.77. The van der Waals surface area contributed by atoms with E-state index in [4.69, 9.17) is 0 Å². The molecule has 2 unspecified atom stereocenters. The first-order valence-electron chi connectivity index (χ1n) is 14.6. The number of hydrogen-bond donors (Lipinski definition) is 2. The van der Waals surface area contributed by atoms with E-state index in [9.17, 15) is 9.59 Å². The first kappa shape index (κ1) is 25.8. The summed E-state index contributed by atoms with van der Waals surface area (Å²) in [6.45, 7) is 8.90. The van der Waals surface area contributed by atoms with Crippen LogP contribution in [0.15, 0.2) is 0 Å². The summed E-state index contributed by atoms with van der Waals surface area (Å²) in [5.41, 5.74) is 0.646. The van der Waals surface area contributed by atoms with Crippen LogP contribution < -0.4 is 10.6 Å². The lowest BCUT2D eigenvalue weighted by atomic mass is 9.47. The van der Waals surface area contributed by atoms with Gasteiger partial charge < -0.3 is 15.5 Å². The van der Waals surface area contributed by atoms with Gasteiger partial charge >= 0.3 is 6.03 Å². The van der Waals surface area contributed by atoms with Crippen molar-refractivity contribution in [1.29, 1.82) is 0 Å². The zero-order valence-corrected chi connectivity index (χ0v) is 22.5. The molecule has 3 amide bonds. The number of rotatable bonds is 9. The van der Waals surface area contributed by atoms with E-state index in [1.54, 1.807) is 0 Å². The molecular formula is C29H51N3O2. The third kappa shape index (κ3) is 4.87. The number of nitrogens with zero attached hydrogens (tertiary/aromatic N) is 1. The van der Waals surface area contributed by atoms with Crippen molar-refractivity contribution >= 4 is 11.9 Å². The van der Waals surface area contributed by atoms with Crippen molar-refractivity contribution in [1.82, 2.24) is 15.5 Å². The lowest BCUT2D eigenvalue weighted by Crippen LogP contribution is -2.61. The van der Waals surface area contributed by atoms with Crippen molar-refractivity contribution < 1.29 is 9.59 Å². The summed E-state index contributed by atoms with van der Waals surface area (Å²) >= 11 is 0. The molecular weight excluding hydrogens is 422 g/mol. The van der Waals surface area contributed by atoms with Crippen molar-refractivity contribution in [2.24, 2.45) is 34.5 Å². The third-order valence-corrected chi connectivity index (χ3v) is 11.1. The van der Waals surface area contributed by atoms with Gasteiger partial charge in [0.2, 0.25) is 5.91 Å². The van der Waals surface area contributed by atoms with E-state index in [0.29, 0.717) is 28.7 Å². The summed E-state index contributed by atoms with van der Waals surface area (Å²) in [4.78, 5) is 26.9. The molecule has 0 bridgehead atoms. The molecule has 5 nitrogen and oxygen atoms in total. The molecule has 5 heteroatoms. The van der Waals surface area contributed by atoms with Gasteiger partial charge in [-0.1, -0.05) is 52.9 Å². The van der Waals surface area contributed by atoms with Gasteiger partial charge in [0.05, 0.1) is 0 Å². The first-order chi connectivity index (χ1) is 16.3. The number of piperidine rings is 1. The standard InChI is InChI=1S/C29H51N3O2/c1-5-6-7-8-9-10-19-30-27(34)31-20-21-11-13-23-22-12-14-25-29(3,18-16-26(33)32(25)4)24(22)15-17-28(21,23)2/h21-25H,5-20H2,1-4H3,(H2,30,31,34)/t21?,22-,23-,24+,25?,28+,29+/m0/s1. The monoisotopic (exact) mass is 473 g/mol. The van der Waals surface area contributed by atoms with E-state index in [1.807, 2.05) is 7.05 Å². The molecule has 7 atom stereocenters. The van der Waals surface area contributed by atoms with Crippen molar-refractivity contribution in [2.75, 3.05) is 20.1 Å². The maximum atomic E-state index is 12.4. The Labute approximate surface area is 208 Å². The molecule has 3 saturated carbocycles. The molecule has 3 aliphatic carbocycles. The van der Waals surface area contributed by atoms with Crippen LogP contribution in [0.2, 0.25) is 0 Å². The molecule has 4 aliphatic rings. The molecule has 1 aliphatic heterocycles. The van der Waals surface area contributed by atoms with Gasteiger partial charge in [-0.05, 0) is 85.9 Å². The highest BCUT2D eigenvalue weighted by atomic mass is 16.2. The van der Waals surface area contributed by atoms with Crippen LogP contribution in [0, 0.1) is 34.5 Å². The molecule has 194 valence electrons. The van der Waals surface area contributed by atoms with Crippen LogP contribution in [-0.2, 0) is 4.79 Å². The quantitative estimate of drug-likeness (QED) is 0.396. The average Bonchev–Trinajstić information content (AvgIpc) is 3.16. The number of carbonyl (C=O) groups excluding carboxylic acids is 2. The Hall–Kier alpha value is -1.26. The normalized spacial score (nSPS) is 39.2. The van der Waals surface area contributed by atoms with E-state index >= 15 is 0 Å². The average molecular weight is 474 g/mol. The highest BCUT2D eigenvalue weighted by Crippen LogP contribution is 2.66. The number of hydrogen-bond acceptors (Lipinski definition) is 2. The molecule has 0 radical (unpaired) electrons. The van der Waals surface area contributed by atoms with E-state index in [-0.39, 0.29) is 6.03 Å². The predicted octanol–water partition coefficient (Wildman–Crippen LogP) is 6.13.